The number of carbonyl (C=O) groups excluding carboxylic acids is 1. The van der Waals surface area contributed by atoms with Gasteiger partial charge in [0, 0.05) is 18.3 Å². The van der Waals surface area contributed by atoms with Crippen LogP contribution in [0.2, 0.25) is 10.0 Å². The number of sulfonamides is 1. The largest absolute Gasteiger partial charge is 0.334 e. The molecule has 1 saturated heterocycles. The molecular weight excluding hydrogens is 507 g/mol. The zero-order chi connectivity index (χ0) is 25.6. The van der Waals surface area contributed by atoms with E-state index in [4.69, 9.17) is 23.2 Å². The molecule has 1 heterocycles. The lowest BCUT2D eigenvalue weighted by Gasteiger charge is -2.35. The minimum Gasteiger partial charge on any atom is -0.334 e. The molecule has 0 aromatic heterocycles. The van der Waals surface area contributed by atoms with Gasteiger partial charge in [-0.2, -0.15) is 0 Å². The molecule has 3 rings (SSSR count). The van der Waals surface area contributed by atoms with E-state index in [0.717, 1.165) is 45.2 Å². The highest BCUT2D eigenvalue weighted by molar-refractivity contribution is 7.92. The first-order valence-electron chi connectivity index (χ1n) is 11.8. The van der Waals surface area contributed by atoms with E-state index >= 15 is 0 Å². The van der Waals surface area contributed by atoms with Crippen LogP contribution >= 0.6 is 23.2 Å². The van der Waals surface area contributed by atoms with Crippen molar-refractivity contribution in [1.82, 2.24) is 10.2 Å². The average Bonchev–Trinajstić information content (AvgIpc) is 2.76. The second-order valence-electron chi connectivity index (χ2n) is 9.60. The number of rotatable bonds is 9. The summed E-state index contributed by atoms with van der Waals surface area (Å²) in [5.41, 5.74) is 2.13. The van der Waals surface area contributed by atoms with Crippen molar-refractivity contribution in [1.29, 1.82) is 0 Å². The summed E-state index contributed by atoms with van der Waals surface area (Å²) in [5, 5.41) is 7.08. The van der Waals surface area contributed by atoms with Crippen molar-refractivity contribution in [3.05, 3.63) is 58.1 Å². The van der Waals surface area contributed by atoms with Crippen molar-refractivity contribution in [3.8, 4) is 0 Å². The van der Waals surface area contributed by atoms with Crippen molar-refractivity contribution < 1.29 is 13.2 Å². The summed E-state index contributed by atoms with van der Waals surface area (Å²) < 4.78 is 25.3. The second kappa shape index (κ2) is 12.3. The van der Waals surface area contributed by atoms with Gasteiger partial charge in [0.05, 0.1) is 22.0 Å². The van der Waals surface area contributed by atoms with Crippen LogP contribution in [-0.4, -0.2) is 51.3 Å². The lowest BCUT2D eigenvalue weighted by atomic mass is 9.89. The third kappa shape index (κ3) is 9.18. The van der Waals surface area contributed by atoms with Crippen LogP contribution in [0, 0.1) is 11.8 Å². The zero-order valence-electron chi connectivity index (χ0n) is 20.4. The predicted molar refractivity (Wildman–Crippen MR) is 145 cm³/mol. The number of carbonyl (C=O) groups is 1. The molecule has 1 fully saturated rings. The van der Waals surface area contributed by atoms with Gasteiger partial charge in [0.1, 0.15) is 0 Å². The standard InChI is InChI=1S/C25H34Cl2N4O3S/c1-17(2)24(29-25(32)28-20-5-4-6-21(15-20)30-35(3,33)34)16-31-11-9-18(10-12-31)13-19-7-8-22(26)23(27)14-19/h4-8,14-15,17-18,24,30H,9-13,16H2,1-3H3,(H2,28,29,32)/t24-/m0/s1. The van der Waals surface area contributed by atoms with E-state index < -0.39 is 10.0 Å². The molecule has 192 valence electrons. The van der Waals surface area contributed by atoms with Crippen molar-refractivity contribution >= 4 is 50.6 Å². The Kier molecular flexibility index (Phi) is 9.69. The molecule has 1 aliphatic rings. The third-order valence-electron chi connectivity index (χ3n) is 6.22. The number of urea groups is 1. The number of likely N-dealkylation sites (tertiary alicyclic amines) is 1. The number of halogens is 2. The van der Waals surface area contributed by atoms with Gasteiger partial charge in [-0.3, -0.25) is 4.72 Å². The molecule has 2 amide bonds. The smallest absolute Gasteiger partial charge is 0.319 e. The Bertz CT molecular complexity index is 1120. The molecule has 2 aromatic rings. The van der Waals surface area contributed by atoms with Crippen LogP contribution in [0.4, 0.5) is 16.2 Å². The highest BCUT2D eigenvalue weighted by Gasteiger charge is 2.24. The van der Waals surface area contributed by atoms with Gasteiger partial charge in [0.2, 0.25) is 10.0 Å². The molecule has 0 saturated carbocycles. The van der Waals surface area contributed by atoms with Crippen molar-refractivity contribution in [2.24, 2.45) is 11.8 Å². The van der Waals surface area contributed by atoms with Gasteiger partial charge in [-0.1, -0.05) is 49.2 Å². The van der Waals surface area contributed by atoms with E-state index in [1.807, 2.05) is 18.2 Å². The second-order valence-corrected chi connectivity index (χ2v) is 12.2. The lowest BCUT2D eigenvalue weighted by Crippen LogP contribution is -2.49. The van der Waals surface area contributed by atoms with Gasteiger partial charge in [0.25, 0.3) is 0 Å². The molecule has 0 spiro atoms. The summed E-state index contributed by atoms with van der Waals surface area (Å²) >= 11 is 12.2. The Hall–Kier alpha value is -2.00. The summed E-state index contributed by atoms with van der Waals surface area (Å²) in [6.45, 7) is 6.94. The predicted octanol–water partition coefficient (Wildman–Crippen LogP) is 5.47. The van der Waals surface area contributed by atoms with Crippen LogP contribution < -0.4 is 15.4 Å². The highest BCUT2D eigenvalue weighted by Crippen LogP contribution is 2.27. The van der Waals surface area contributed by atoms with Crippen LogP contribution in [0.1, 0.15) is 32.3 Å². The highest BCUT2D eigenvalue weighted by atomic mass is 35.5. The van der Waals surface area contributed by atoms with E-state index in [2.05, 4.69) is 34.1 Å². The molecule has 0 bridgehead atoms. The number of amides is 2. The SMILES string of the molecule is CC(C)[C@H](CN1CCC(Cc2ccc(Cl)c(Cl)c2)CC1)NC(=O)Nc1cccc(NS(C)(=O)=O)c1. The van der Waals surface area contributed by atoms with Crippen LogP contribution in [0.3, 0.4) is 0 Å². The number of benzene rings is 2. The Morgan fingerprint density at radius 2 is 1.74 bits per heavy atom. The third-order valence-corrected chi connectivity index (χ3v) is 7.56. The molecule has 10 heteroatoms. The van der Waals surface area contributed by atoms with Gasteiger partial charge < -0.3 is 15.5 Å². The molecule has 7 nitrogen and oxygen atoms in total. The Morgan fingerprint density at radius 1 is 1.06 bits per heavy atom. The first kappa shape index (κ1) is 27.6. The molecule has 0 aliphatic carbocycles. The first-order chi connectivity index (χ1) is 16.5. The number of hydrogen-bond donors (Lipinski definition) is 3. The van der Waals surface area contributed by atoms with E-state index in [0.29, 0.717) is 27.3 Å². The van der Waals surface area contributed by atoms with Gasteiger partial charge in [-0.05, 0) is 80.1 Å². The molecule has 0 unspecified atom stereocenters. The van der Waals surface area contributed by atoms with E-state index in [1.165, 1.54) is 5.56 Å². The monoisotopic (exact) mass is 540 g/mol. The Labute approximate surface area is 218 Å². The van der Waals surface area contributed by atoms with Crippen LogP contribution in [0.15, 0.2) is 42.5 Å². The maximum absolute atomic E-state index is 12.7. The van der Waals surface area contributed by atoms with E-state index in [-0.39, 0.29) is 18.0 Å². The van der Waals surface area contributed by atoms with Gasteiger partial charge in [-0.25, -0.2) is 13.2 Å². The molecule has 0 radical (unpaired) electrons. The van der Waals surface area contributed by atoms with Crippen molar-refractivity contribution in [2.75, 3.05) is 35.9 Å². The Balaban J connectivity index is 1.49. The summed E-state index contributed by atoms with van der Waals surface area (Å²) in [7, 11) is -3.39. The Morgan fingerprint density at radius 3 is 2.37 bits per heavy atom. The lowest BCUT2D eigenvalue weighted by molar-refractivity contribution is 0.157. The molecular formula is C25H34Cl2N4O3S. The van der Waals surface area contributed by atoms with Crippen LogP contribution in [0.25, 0.3) is 0 Å². The molecule has 1 atom stereocenters. The van der Waals surface area contributed by atoms with Crippen molar-refractivity contribution in [2.45, 2.75) is 39.2 Å². The van der Waals surface area contributed by atoms with Gasteiger partial charge >= 0.3 is 6.03 Å². The topological polar surface area (TPSA) is 90.5 Å². The fraction of sp³-hybridized carbons (Fsp3) is 0.480. The quantitative estimate of drug-likeness (QED) is 0.393. The van der Waals surface area contributed by atoms with Gasteiger partial charge in [-0.15, -0.1) is 0 Å². The minimum atomic E-state index is -3.39. The van der Waals surface area contributed by atoms with E-state index in [1.54, 1.807) is 24.3 Å². The number of nitrogens with zero attached hydrogens (tertiary/aromatic N) is 1. The number of piperidine rings is 1. The molecule has 2 aromatic carbocycles. The normalized spacial score (nSPS) is 16.2. The first-order valence-corrected chi connectivity index (χ1v) is 14.4. The molecule has 3 N–H and O–H groups in total. The summed E-state index contributed by atoms with van der Waals surface area (Å²) in [6, 6.07) is 12.2. The van der Waals surface area contributed by atoms with E-state index in [9.17, 15) is 13.2 Å². The maximum Gasteiger partial charge on any atom is 0.319 e. The minimum absolute atomic E-state index is 0.0149. The molecule has 35 heavy (non-hydrogen) atoms. The van der Waals surface area contributed by atoms with Crippen molar-refractivity contribution in [3.63, 3.8) is 0 Å². The zero-order valence-corrected chi connectivity index (χ0v) is 22.7. The number of hydrogen-bond acceptors (Lipinski definition) is 4. The summed E-state index contributed by atoms with van der Waals surface area (Å²) in [6.07, 6.45) is 4.27. The summed E-state index contributed by atoms with van der Waals surface area (Å²) in [4.78, 5) is 15.1. The van der Waals surface area contributed by atoms with Crippen LogP contribution in [-0.2, 0) is 16.4 Å². The molecule has 1 aliphatic heterocycles. The maximum atomic E-state index is 12.7. The van der Waals surface area contributed by atoms with Crippen LogP contribution in [0.5, 0.6) is 0 Å². The fourth-order valence-corrected chi connectivity index (χ4v) is 5.16. The fourth-order valence-electron chi connectivity index (χ4n) is 4.28. The number of nitrogens with one attached hydrogen (secondary N) is 3. The number of anilines is 2. The average molecular weight is 542 g/mol. The van der Waals surface area contributed by atoms with Gasteiger partial charge in [0.15, 0.2) is 0 Å². The summed E-state index contributed by atoms with van der Waals surface area (Å²) in [5.74, 6) is 0.859.